The van der Waals surface area contributed by atoms with E-state index in [0.29, 0.717) is 25.7 Å². The maximum absolute atomic E-state index is 13.0. The molecule has 11 heteroatoms. The number of aliphatic hydroxyl groups is 6. The van der Waals surface area contributed by atoms with Gasteiger partial charge in [0, 0.05) is 17.9 Å². The van der Waals surface area contributed by atoms with E-state index < -0.39 is 76.8 Å². The van der Waals surface area contributed by atoms with E-state index in [1.165, 1.54) is 6.08 Å². The Bertz CT molecular complexity index is 1080. The monoisotopic (exact) mass is 566 g/mol. The number of hydrogen-bond donors (Lipinski definition) is 6. The van der Waals surface area contributed by atoms with E-state index in [2.05, 4.69) is 0 Å². The molecule has 6 N–H and O–H groups in total. The predicted octanol–water partition coefficient (Wildman–Crippen LogP) is -0.279. The lowest BCUT2D eigenvalue weighted by molar-refractivity contribution is -0.319. The molecule has 0 unspecified atom stereocenters. The number of aliphatic hydroxyl groups excluding tert-OH is 4. The molecule has 0 aromatic heterocycles. The maximum atomic E-state index is 13.0. The Morgan fingerprint density at radius 1 is 1.00 bits per heavy atom. The van der Waals surface area contributed by atoms with Crippen LogP contribution in [-0.2, 0) is 23.8 Å². The molecule has 14 atom stereocenters. The molecule has 0 spiro atoms. The summed E-state index contributed by atoms with van der Waals surface area (Å²) in [6, 6.07) is 0. The Morgan fingerprint density at radius 3 is 2.42 bits per heavy atom. The van der Waals surface area contributed by atoms with Gasteiger partial charge in [-0.15, -0.1) is 0 Å². The summed E-state index contributed by atoms with van der Waals surface area (Å²) in [4.78, 5) is 24.8. The molecule has 11 nitrogen and oxygen atoms in total. The highest BCUT2D eigenvalue weighted by Gasteiger charge is 2.74. The fourth-order valence-electron chi connectivity index (χ4n) is 9.74. The van der Waals surface area contributed by atoms with Crippen LogP contribution in [0.3, 0.4) is 0 Å². The van der Waals surface area contributed by atoms with Crippen molar-refractivity contribution in [3.8, 4) is 0 Å². The molecule has 5 fully saturated rings. The lowest BCUT2D eigenvalue weighted by atomic mass is 9.41. The first kappa shape index (κ1) is 28.7. The molecular formula is C29H42O11. The minimum Gasteiger partial charge on any atom is -0.458 e. The average Bonchev–Trinajstić information content (AvgIpc) is 3.46. The number of fused-ring (bicyclic) bond motifs is 5. The minimum absolute atomic E-state index is 0.0926. The highest BCUT2D eigenvalue weighted by Crippen LogP contribution is 2.70. The van der Waals surface area contributed by atoms with E-state index in [4.69, 9.17) is 14.2 Å². The van der Waals surface area contributed by atoms with Gasteiger partial charge in [-0.1, -0.05) is 6.92 Å². The van der Waals surface area contributed by atoms with Crippen LogP contribution in [0.1, 0.15) is 65.2 Å². The summed E-state index contributed by atoms with van der Waals surface area (Å²) in [5.41, 5.74) is -4.09. The summed E-state index contributed by atoms with van der Waals surface area (Å²) >= 11 is 0. The van der Waals surface area contributed by atoms with Crippen molar-refractivity contribution in [2.75, 3.05) is 6.61 Å². The highest BCUT2D eigenvalue weighted by molar-refractivity contribution is 5.85. The first-order chi connectivity index (χ1) is 18.8. The van der Waals surface area contributed by atoms with Gasteiger partial charge in [-0.3, -0.25) is 0 Å². The number of aldehydes is 1. The van der Waals surface area contributed by atoms with Crippen LogP contribution in [0.15, 0.2) is 11.6 Å². The van der Waals surface area contributed by atoms with E-state index in [1.807, 2.05) is 6.92 Å². The number of carbonyl (C=O) groups is 2. The van der Waals surface area contributed by atoms with Crippen molar-refractivity contribution in [2.24, 2.45) is 28.6 Å². The normalized spacial score (nSPS) is 56.0. The molecule has 0 radical (unpaired) electrons. The van der Waals surface area contributed by atoms with E-state index in [1.54, 1.807) is 6.92 Å². The van der Waals surface area contributed by atoms with Gasteiger partial charge in [-0.25, -0.2) is 4.79 Å². The Balaban J connectivity index is 1.25. The summed E-state index contributed by atoms with van der Waals surface area (Å²) in [5.74, 6) is -1.42. The van der Waals surface area contributed by atoms with Crippen LogP contribution in [0.2, 0.25) is 0 Å². The zero-order chi connectivity index (χ0) is 28.8. The van der Waals surface area contributed by atoms with Crippen molar-refractivity contribution >= 4 is 12.3 Å². The van der Waals surface area contributed by atoms with E-state index in [0.717, 1.165) is 11.9 Å². The van der Waals surface area contributed by atoms with Crippen molar-refractivity contribution in [3.63, 3.8) is 0 Å². The predicted molar refractivity (Wildman–Crippen MR) is 136 cm³/mol. The second-order valence-corrected chi connectivity index (χ2v) is 13.5. The van der Waals surface area contributed by atoms with Crippen LogP contribution < -0.4 is 0 Å². The number of carbonyl (C=O) groups excluding carboxylic acids is 2. The van der Waals surface area contributed by atoms with Crippen molar-refractivity contribution in [3.05, 3.63) is 11.6 Å². The van der Waals surface area contributed by atoms with Crippen LogP contribution in [0, 0.1) is 28.6 Å². The molecule has 1 saturated heterocycles. The van der Waals surface area contributed by atoms with Crippen molar-refractivity contribution in [1.29, 1.82) is 0 Å². The molecule has 6 aliphatic rings. The highest BCUT2D eigenvalue weighted by atomic mass is 16.7. The van der Waals surface area contributed by atoms with Crippen molar-refractivity contribution in [2.45, 2.75) is 119 Å². The Morgan fingerprint density at radius 2 is 1.75 bits per heavy atom. The molecule has 0 amide bonds. The van der Waals surface area contributed by atoms with Gasteiger partial charge in [-0.2, -0.15) is 0 Å². The molecule has 4 saturated carbocycles. The lowest BCUT2D eigenvalue weighted by Gasteiger charge is -2.66. The van der Waals surface area contributed by atoms with Crippen LogP contribution in [-0.4, -0.2) is 104 Å². The Hall–Kier alpha value is -1.44. The summed E-state index contributed by atoms with van der Waals surface area (Å²) in [6.07, 6.45) is -2.70. The third kappa shape index (κ3) is 3.71. The molecule has 0 bridgehead atoms. The zero-order valence-corrected chi connectivity index (χ0v) is 23.0. The van der Waals surface area contributed by atoms with Crippen LogP contribution >= 0.6 is 0 Å². The van der Waals surface area contributed by atoms with Crippen LogP contribution in [0.25, 0.3) is 0 Å². The third-order valence-corrected chi connectivity index (χ3v) is 12.1. The Kier molecular flexibility index (Phi) is 6.83. The minimum atomic E-state index is -1.47. The molecule has 2 heterocycles. The smallest absolute Gasteiger partial charge is 0.331 e. The van der Waals surface area contributed by atoms with Crippen molar-refractivity contribution in [1.82, 2.24) is 0 Å². The molecule has 2 aliphatic heterocycles. The van der Waals surface area contributed by atoms with Crippen LogP contribution in [0.4, 0.5) is 0 Å². The van der Waals surface area contributed by atoms with Gasteiger partial charge in [0.2, 0.25) is 0 Å². The first-order valence-electron chi connectivity index (χ1n) is 14.6. The van der Waals surface area contributed by atoms with Gasteiger partial charge in [0.05, 0.1) is 34.9 Å². The molecule has 0 aromatic rings. The fraction of sp³-hybridized carbons (Fsp3) is 0.862. The summed E-state index contributed by atoms with van der Waals surface area (Å²) < 4.78 is 16.8. The first-order valence-corrected chi connectivity index (χ1v) is 14.6. The van der Waals surface area contributed by atoms with Gasteiger partial charge in [0.25, 0.3) is 0 Å². The van der Waals surface area contributed by atoms with E-state index >= 15 is 0 Å². The topological polar surface area (TPSA) is 183 Å². The molecule has 224 valence electrons. The summed E-state index contributed by atoms with van der Waals surface area (Å²) in [5, 5.41) is 66.7. The number of rotatable bonds is 4. The lowest BCUT2D eigenvalue weighted by Crippen LogP contribution is -2.71. The maximum Gasteiger partial charge on any atom is 0.331 e. The van der Waals surface area contributed by atoms with Gasteiger partial charge in [0.15, 0.2) is 6.29 Å². The van der Waals surface area contributed by atoms with E-state index in [9.17, 15) is 40.2 Å². The molecule has 40 heavy (non-hydrogen) atoms. The molecule has 0 aromatic carbocycles. The fourth-order valence-corrected chi connectivity index (χ4v) is 9.74. The van der Waals surface area contributed by atoms with Crippen molar-refractivity contribution < 1.29 is 54.4 Å². The van der Waals surface area contributed by atoms with Gasteiger partial charge < -0.3 is 49.6 Å². The van der Waals surface area contributed by atoms with E-state index in [-0.39, 0.29) is 44.1 Å². The molecular weight excluding hydrogens is 524 g/mol. The van der Waals surface area contributed by atoms with Gasteiger partial charge in [0.1, 0.15) is 31.2 Å². The standard InChI is InChI=1S/C29H42O11/c1-14-22(33)23(34)24(35)25(39-14)40-16-3-6-27(13-30)19-10-20(31)26(2)17(15-9-21(32)38-12-15)5-8-29(26,37)18(19)4-7-28(27,36)11-16/h9,13-14,16-20,22-25,31,33-37H,3-8,10-12H2,1-2H3/t14-,16+,17-,18-,19+,20-,22-,23+,24-,25+,26+,27+,28+,29+/m1/s1. The number of ether oxygens (including phenoxy) is 3. The third-order valence-electron chi connectivity index (χ3n) is 12.1. The Labute approximate surface area is 233 Å². The number of hydrogen-bond acceptors (Lipinski definition) is 11. The number of esters is 1. The summed E-state index contributed by atoms with van der Waals surface area (Å²) in [6.45, 7) is 3.61. The second-order valence-electron chi connectivity index (χ2n) is 13.5. The quantitative estimate of drug-likeness (QED) is 0.149. The number of cyclic esters (lactones) is 1. The SMILES string of the molecule is C[C@H]1O[C@@H](O[C@H]2CC[C@]3(C=O)[C@H]4C[C@@H](O)[C@]5(C)[C@@H](C6=CC(=O)OC6)CC[C@]5(O)[C@@H]4CC[C@]3(O)C2)[C@H](O)[C@@H](O)[C@@H]1O. The van der Waals surface area contributed by atoms with Gasteiger partial charge in [-0.05, 0) is 75.2 Å². The largest absolute Gasteiger partial charge is 0.458 e. The second kappa shape index (κ2) is 9.54. The van der Waals surface area contributed by atoms with Gasteiger partial charge >= 0.3 is 5.97 Å². The summed E-state index contributed by atoms with van der Waals surface area (Å²) in [7, 11) is 0. The molecule has 6 rings (SSSR count). The zero-order valence-electron chi connectivity index (χ0n) is 23.0. The average molecular weight is 567 g/mol. The molecule has 4 aliphatic carbocycles. The van der Waals surface area contributed by atoms with Crippen LogP contribution in [0.5, 0.6) is 0 Å².